The highest BCUT2D eigenvalue weighted by molar-refractivity contribution is 8.03. The van der Waals surface area contributed by atoms with E-state index < -0.39 is 0 Å². The van der Waals surface area contributed by atoms with Crippen molar-refractivity contribution in [2.75, 3.05) is 13.1 Å². The number of thioether (sulfide) groups is 1. The van der Waals surface area contributed by atoms with E-state index in [1.54, 1.807) is 0 Å². The Morgan fingerprint density at radius 1 is 1.43 bits per heavy atom. The van der Waals surface area contributed by atoms with Crippen LogP contribution < -0.4 is 5.32 Å². The number of imidazole rings is 1. The standard InChI is InChI=1S/C16H20N4S/c1-12-10-20(16(21-12)14-2-4-17-9-14)11-13-3-6-19-7-5-18-15(19)8-13/h3,5-8,10,14,16-17H,2,4,9,11H2,1H3. The van der Waals surface area contributed by atoms with Crippen LogP contribution in [0.5, 0.6) is 0 Å². The number of aromatic nitrogens is 2. The summed E-state index contributed by atoms with van der Waals surface area (Å²) >= 11 is 2.02. The second-order valence-electron chi connectivity index (χ2n) is 5.90. The highest BCUT2D eigenvalue weighted by Gasteiger charge is 2.32. The van der Waals surface area contributed by atoms with Crippen LogP contribution in [0.15, 0.2) is 41.8 Å². The summed E-state index contributed by atoms with van der Waals surface area (Å²) in [5.41, 5.74) is 2.36. The largest absolute Gasteiger partial charge is 0.360 e. The Bertz CT molecular complexity index is 672. The van der Waals surface area contributed by atoms with Gasteiger partial charge in [0.1, 0.15) is 5.65 Å². The second kappa shape index (κ2) is 5.39. The fourth-order valence-corrected chi connectivity index (χ4v) is 4.55. The molecule has 0 aliphatic carbocycles. The Kier molecular flexibility index (Phi) is 3.39. The lowest BCUT2D eigenvalue weighted by molar-refractivity contribution is 0.287. The Hall–Kier alpha value is -1.46. The first-order valence-electron chi connectivity index (χ1n) is 7.53. The van der Waals surface area contributed by atoms with Gasteiger partial charge in [-0.1, -0.05) is 0 Å². The molecule has 2 aliphatic heterocycles. The fourth-order valence-electron chi connectivity index (χ4n) is 3.28. The number of hydrogen-bond donors (Lipinski definition) is 1. The predicted octanol–water partition coefficient (Wildman–Crippen LogP) is 2.68. The molecule has 0 spiro atoms. The van der Waals surface area contributed by atoms with Crippen LogP contribution in [0.4, 0.5) is 0 Å². The molecule has 0 saturated carbocycles. The third kappa shape index (κ3) is 2.56. The van der Waals surface area contributed by atoms with Crippen LogP contribution in [0, 0.1) is 5.92 Å². The number of hydrogen-bond acceptors (Lipinski definition) is 4. The summed E-state index contributed by atoms with van der Waals surface area (Å²) in [5.74, 6) is 0.749. The molecule has 1 saturated heterocycles. The summed E-state index contributed by atoms with van der Waals surface area (Å²) in [4.78, 5) is 8.31. The summed E-state index contributed by atoms with van der Waals surface area (Å²) in [6, 6.07) is 4.39. The third-order valence-electron chi connectivity index (χ3n) is 4.31. The average molecular weight is 300 g/mol. The first kappa shape index (κ1) is 13.2. The molecule has 5 heteroatoms. The number of pyridine rings is 1. The van der Waals surface area contributed by atoms with Crippen LogP contribution in [-0.2, 0) is 6.54 Å². The molecule has 110 valence electrons. The van der Waals surface area contributed by atoms with Crippen molar-refractivity contribution in [1.29, 1.82) is 0 Å². The highest BCUT2D eigenvalue weighted by Crippen LogP contribution is 2.39. The third-order valence-corrected chi connectivity index (χ3v) is 5.68. The van der Waals surface area contributed by atoms with E-state index >= 15 is 0 Å². The van der Waals surface area contributed by atoms with Gasteiger partial charge in [0, 0.05) is 43.8 Å². The summed E-state index contributed by atoms with van der Waals surface area (Å²) in [5, 5.41) is 4.07. The molecule has 21 heavy (non-hydrogen) atoms. The maximum absolute atomic E-state index is 4.38. The first-order chi connectivity index (χ1) is 10.3. The summed E-state index contributed by atoms with van der Waals surface area (Å²) in [6.45, 7) is 5.50. The van der Waals surface area contributed by atoms with Crippen molar-refractivity contribution in [2.45, 2.75) is 25.3 Å². The quantitative estimate of drug-likeness (QED) is 0.944. The van der Waals surface area contributed by atoms with E-state index in [2.05, 4.69) is 51.1 Å². The molecule has 2 atom stereocenters. The number of fused-ring (bicyclic) bond motifs is 1. The van der Waals surface area contributed by atoms with Gasteiger partial charge in [-0.3, -0.25) is 0 Å². The molecule has 2 aromatic rings. The monoisotopic (exact) mass is 300 g/mol. The zero-order chi connectivity index (χ0) is 14.2. The Balaban J connectivity index is 1.55. The molecule has 0 radical (unpaired) electrons. The fraction of sp³-hybridized carbons (Fsp3) is 0.438. The lowest BCUT2D eigenvalue weighted by Crippen LogP contribution is -2.32. The molecule has 4 heterocycles. The van der Waals surface area contributed by atoms with Crippen molar-refractivity contribution < 1.29 is 0 Å². The molecule has 2 aromatic heterocycles. The maximum atomic E-state index is 4.38. The zero-order valence-corrected chi connectivity index (χ0v) is 13.0. The molecule has 2 unspecified atom stereocenters. The Labute approximate surface area is 129 Å². The van der Waals surface area contributed by atoms with Crippen molar-refractivity contribution in [3.8, 4) is 0 Å². The molecule has 4 rings (SSSR count). The SMILES string of the molecule is CC1=CN(Cc2ccn3ccnc3c2)C(C2CCNC2)S1. The summed E-state index contributed by atoms with van der Waals surface area (Å²) in [6.07, 6.45) is 9.55. The minimum absolute atomic E-state index is 0.580. The van der Waals surface area contributed by atoms with E-state index in [1.807, 2.05) is 24.2 Å². The maximum Gasteiger partial charge on any atom is 0.136 e. The lowest BCUT2D eigenvalue weighted by Gasteiger charge is -2.29. The topological polar surface area (TPSA) is 32.6 Å². The molecule has 0 bridgehead atoms. The van der Waals surface area contributed by atoms with E-state index in [9.17, 15) is 0 Å². The zero-order valence-electron chi connectivity index (χ0n) is 12.2. The molecule has 1 N–H and O–H groups in total. The van der Waals surface area contributed by atoms with Crippen LogP contribution in [0.25, 0.3) is 5.65 Å². The van der Waals surface area contributed by atoms with Crippen LogP contribution in [0.3, 0.4) is 0 Å². The molecule has 4 nitrogen and oxygen atoms in total. The molecular formula is C16H20N4S. The Morgan fingerprint density at radius 2 is 2.38 bits per heavy atom. The normalized spacial score (nSPS) is 25.8. The van der Waals surface area contributed by atoms with E-state index in [-0.39, 0.29) is 0 Å². The molecule has 0 amide bonds. The van der Waals surface area contributed by atoms with Gasteiger partial charge in [-0.25, -0.2) is 4.98 Å². The van der Waals surface area contributed by atoms with Gasteiger partial charge in [0.05, 0.1) is 5.37 Å². The molecule has 1 fully saturated rings. The van der Waals surface area contributed by atoms with Crippen molar-refractivity contribution >= 4 is 17.4 Å². The second-order valence-corrected chi connectivity index (χ2v) is 7.26. The Morgan fingerprint density at radius 3 is 3.24 bits per heavy atom. The summed E-state index contributed by atoms with van der Waals surface area (Å²) in [7, 11) is 0. The smallest absolute Gasteiger partial charge is 0.136 e. The molecule has 2 aliphatic rings. The number of nitrogens with zero attached hydrogens (tertiary/aromatic N) is 3. The minimum atomic E-state index is 0.580. The van der Waals surface area contributed by atoms with Gasteiger partial charge in [0.2, 0.25) is 0 Å². The van der Waals surface area contributed by atoms with Gasteiger partial charge in [-0.15, -0.1) is 11.8 Å². The van der Waals surface area contributed by atoms with Gasteiger partial charge in [-0.05, 0) is 42.5 Å². The minimum Gasteiger partial charge on any atom is -0.360 e. The summed E-state index contributed by atoms with van der Waals surface area (Å²) < 4.78 is 2.06. The van der Waals surface area contributed by atoms with E-state index in [0.29, 0.717) is 5.37 Å². The highest BCUT2D eigenvalue weighted by atomic mass is 32.2. The molecular weight excluding hydrogens is 280 g/mol. The van der Waals surface area contributed by atoms with Gasteiger partial charge < -0.3 is 14.6 Å². The molecule has 0 aromatic carbocycles. The van der Waals surface area contributed by atoms with Crippen LogP contribution >= 0.6 is 11.8 Å². The number of rotatable bonds is 3. The van der Waals surface area contributed by atoms with Crippen molar-refractivity contribution in [3.05, 3.63) is 47.4 Å². The average Bonchev–Trinajstić information content (AvgIpc) is 3.18. The number of nitrogens with one attached hydrogen (secondary N) is 1. The van der Waals surface area contributed by atoms with Gasteiger partial charge in [0.25, 0.3) is 0 Å². The van der Waals surface area contributed by atoms with E-state index in [4.69, 9.17) is 0 Å². The van der Waals surface area contributed by atoms with Crippen LogP contribution in [-0.4, -0.2) is 32.7 Å². The van der Waals surface area contributed by atoms with Gasteiger partial charge in [0.15, 0.2) is 0 Å². The predicted molar refractivity (Wildman–Crippen MR) is 86.8 cm³/mol. The lowest BCUT2D eigenvalue weighted by atomic mass is 10.1. The van der Waals surface area contributed by atoms with Crippen molar-refractivity contribution in [2.24, 2.45) is 5.92 Å². The van der Waals surface area contributed by atoms with Gasteiger partial charge >= 0.3 is 0 Å². The van der Waals surface area contributed by atoms with Gasteiger partial charge in [-0.2, -0.15) is 0 Å². The van der Waals surface area contributed by atoms with Crippen LogP contribution in [0.1, 0.15) is 18.9 Å². The van der Waals surface area contributed by atoms with E-state index in [1.165, 1.54) is 16.9 Å². The van der Waals surface area contributed by atoms with E-state index in [0.717, 1.165) is 31.2 Å². The van der Waals surface area contributed by atoms with Crippen molar-refractivity contribution in [1.82, 2.24) is 19.6 Å². The first-order valence-corrected chi connectivity index (χ1v) is 8.41. The number of allylic oxidation sites excluding steroid dienone is 1. The van der Waals surface area contributed by atoms with Crippen LogP contribution in [0.2, 0.25) is 0 Å². The van der Waals surface area contributed by atoms with Crippen molar-refractivity contribution in [3.63, 3.8) is 0 Å².